The lowest BCUT2D eigenvalue weighted by atomic mass is 10.0. The minimum absolute atomic E-state index is 0.0336. The van der Waals surface area contributed by atoms with Gasteiger partial charge in [-0.1, -0.05) is 0 Å². The van der Waals surface area contributed by atoms with Crippen LogP contribution < -0.4 is 0 Å². The maximum Gasteiger partial charge on any atom is 0.167 e. The first-order chi connectivity index (χ1) is 7.90. The van der Waals surface area contributed by atoms with Crippen LogP contribution in [0.25, 0.3) is 0 Å². The van der Waals surface area contributed by atoms with Crippen molar-refractivity contribution < 1.29 is 27.8 Å². The molecule has 0 fully saturated rings. The zero-order valence-corrected chi connectivity index (χ0v) is 9.39. The Morgan fingerprint density at radius 2 is 1.53 bits per heavy atom. The monoisotopic (exact) mass is 270 g/mol. The van der Waals surface area contributed by atoms with E-state index in [4.69, 9.17) is 0 Å². The maximum atomic E-state index is 13.2. The average molecular weight is 270 g/mol. The van der Waals surface area contributed by atoms with Crippen LogP contribution in [0.4, 0.5) is 17.6 Å². The van der Waals surface area contributed by atoms with Crippen LogP contribution in [0, 0.1) is 23.3 Å². The van der Waals surface area contributed by atoms with Crippen LogP contribution in [-0.2, 0) is 0 Å². The Morgan fingerprint density at radius 3 is 1.94 bits per heavy atom. The third-order valence-electron chi connectivity index (χ3n) is 2.23. The minimum atomic E-state index is -2.05. The molecule has 0 saturated heterocycles. The summed E-state index contributed by atoms with van der Waals surface area (Å²) in [7, 11) is 0. The number of rotatable bonds is 4. The minimum Gasteiger partial charge on any atom is -0.390 e. The molecule has 2 N–H and O–H groups in total. The molecular weight excluding hydrogens is 260 g/mol. The van der Waals surface area contributed by atoms with E-state index in [-0.39, 0.29) is 18.2 Å². The van der Waals surface area contributed by atoms with Crippen molar-refractivity contribution in [1.29, 1.82) is 0 Å². The van der Waals surface area contributed by atoms with E-state index in [9.17, 15) is 27.8 Å². The molecule has 0 bridgehead atoms. The van der Waals surface area contributed by atoms with Gasteiger partial charge in [-0.3, -0.25) is 0 Å². The number of benzene rings is 1. The van der Waals surface area contributed by atoms with Crippen molar-refractivity contribution >= 4 is 12.6 Å². The number of hydrogen-bond donors (Lipinski definition) is 3. The molecule has 0 aliphatic heterocycles. The molecule has 0 amide bonds. The molecule has 0 aromatic heterocycles. The number of halogens is 4. The van der Waals surface area contributed by atoms with Crippen LogP contribution in [0.15, 0.2) is 6.07 Å². The van der Waals surface area contributed by atoms with Crippen molar-refractivity contribution in [3.63, 3.8) is 0 Å². The Labute approximate surface area is 100 Å². The quantitative estimate of drug-likeness (QED) is 0.444. The lowest BCUT2D eigenvalue weighted by molar-refractivity contribution is 0.0121. The predicted molar refractivity (Wildman–Crippen MR) is 55.7 cm³/mol. The van der Waals surface area contributed by atoms with Crippen molar-refractivity contribution in [1.82, 2.24) is 0 Å². The van der Waals surface area contributed by atoms with Gasteiger partial charge >= 0.3 is 0 Å². The first-order valence-electron chi connectivity index (χ1n) is 4.70. The van der Waals surface area contributed by atoms with Crippen molar-refractivity contribution in [2.75, 3.05) is 5.75 Å². The molecule has 0 spiro atoms. The number of hydrogen-bond acceptors (Lipinski definition) is 3. The Hall–Kier alpha value is -0.790. The van der Waals surface area contributed by atoms with E-state index in [1.807, 2.05) is 0 Å². The van der Waals surface area contributed by atoms with Crippen LogP contribution in [0.2, 0.25) is 0 Å². The normalized spacial score (nSPS) is 14.8. The molecule has 17 heavy (non-hydrogen) atoms. The maximum absolute atomic E-state index is 13.2. The first-order valence-corrected chi connectivity index (χ1v) is 5.33. The molecule has 0 aliphatic carbocycles. The zero-order valence-electron chi connectivity index (χ0n) is 8.50. The second kappa shape index (κ2) is 5.70. The lowest BCUT2D eigenvalue weighted by Crippen LogP contribution is -2.22. The lowest BCUT2D eigenvalue weighted by Gasteiger charge is -2.18. The van der Waals surface area contributed by atoms with Crippen molar-refractivity contribution in [2.24, 2.45) is 0 Å². The van der Waals surface area contributed by atoms with E-state index >= 15 is 0 Å². The van der Waals surface area contributed by atoms with Crippen LogP contribution >= 0.6 is 12.6 Å². The third kappa shape index (κ3) is 2.91. The number of thiol groups is 1. The van der Waals surface area contributed by atoms with E-state index in [0.29, 0.717) is 0 Å². The summed E-state index contributed by atoms with van der Waals surface area (Å²) in [5, 5.41) is 18.8. The largest absolute Gasteiger partial charge is 0.390 e. The summed E-state index contributed by atoms with van der Waals surface area (Å²) >= 11 is 3.75. The van der Waals surface area contributed by atoms with Gasteiger partial charge in [-0.15, -0.1) is 0 Å². The molecule has 2 unspecified atom stereocenters. The van der Waals surface area contributed by atoms with E-state index < -0.39 is 41.0 Å². The molecule has 0 aliphatic rings. The molecule has 7 heteroatoms. The van der Waals surface area contributed by atoms with Gasteiger partial charge in [0.05, 0.1) is 11.7 Å². The van der Waals surface area contributed by atoms with Gasteiger partial charge in [0.15, 0.2) is 23.3 Å². The average Bonchev–Trinajstić information content (AvgIpc) is 2.27. The van der Waals surface area contributed by atoms with Crippen LogP contribution in [-0.4, -0.2) is 22.1 Å². The topological polar surface area (TPSA) is 40.5 Å². The molecule has 0 heterocycles. The Kier molecular flexibility index (Phi) is 4.79. The molecule has 0 saturated carbocycles. The van der Waals surface area contributed by atoms with Gasteiger partial charge in [-0.05, 0) is 12.2 Å². The highest BCUT2D eigenvalue weighted by Crippen LogP contribution is 2.28. The second-order valence-electron chi connectivity index (χ2n) is 3.41. The Morgan fingerprint density at radius 1 is 1.06 bits per heavy atom. The molecule has 1 rings (SSSR count). The summed E-state index contributed by atoms with van der Waals surface area (Å²) < 4.78 is 52.1. The molecule has 2 atom stereocenters. The van der Waals surface area contributed by atoms with Gasteiger partial charge in [-0.25, -0.2) is 17.6 Å². The molecule has 1 aromatic rings. The molecule has 96 valence electrons. The highest BCUT2D eigenvalue weighted by atomic mass is 32.1. The smallest absolute Gasteiger partial charge is 0.167 e. The Bertz CT molecular complexity index is 388. The number of aliphatic hydroxyl groups is 2. The predicted octanol–water partition coefficient (Wildman–Crippen LogP) is 1.96. The van der Waals surface area contributed by atoms with Crippen molar-refractivity contribution in [2.45, 2.75) is 18.6 Å². The van der Waals surface area contributed by atoms with Crippen LogP contribution in [0.1, 0.15) is 18.1 Å². The fourth-order valence-corrected chi connectivity index (χ4v) is 1.60. The number of aliphatic hydroxyl groups excluding tert-OH is 2. The summed E-state index contributed by atoms with van der Waals surface area (Å²) in [5.74, 6) is -6.55. The molecule has 2 nitrogen and oxygen atoms in total. The Balaban J connectivity index is 3.20. The van der Waals surface area contributed by atoms with E-state index in [1.165, 1.54) is 0 Å². The standard InChI is InChI=1S/C10H10F4O2S/c11-4-3-5(12)9(14)7(8(4)13)10(16)6(15)1-2-17/h3,6,10,15-17H,1-2H2. The van der Waals surface area contributed by atoms with Crippen LogP contribution in [0.5, 0.6) is 0 Å². The van der Waals surface area contributed by atoms with E-state index in [0.717, 1.165) is 0 Å². The van der Waals surface area contributed by atoms with Crippen LogP contribution in [0.3, 0.4) is 0 Å². The van der Waals surface area contributed by atoms with Gasteiger partial charge in [-0.2, -0.15) is 12.6 Å². The summed E-state index contributed by atoms with van der Waals surface area (Å²) in [6, 6.07) is 0.0336. The first kappa shape index (κ1) is 14.3. The van der Waals surface area contributed by atoms with E-state index in [2.05, 4.69) is 12.6 Å². The fraction of sp³-hybridized carbons (Fsp3) is 0.400. The molecular formula is C10H10F4O2S. The van der Waals surface area contributed by atoms with Gasteiger partial charge < -0.3 is 10.2 Å². The fourth-order valence-electron chi connectivity index (χ4n) is 1.33. The highest BCUT2D eigenvalue weighted by molar-refractivity contribution is 7.80. The summed E-state index contributed by atoms with van der Waals surface area (Å²) in [5.41, 5.74) is -1.21. The van der Waals surface area contributed by atoms with Crippen molar-refractivity contribution in [3.8, 4) is 0 Å². The van der Waals surface area contributed by atoms with Crippen molar-refractivity contribution in [3.05, 3.63) is 34.9 Å². The van der Waals surface area contributed by atoms with E-state index in [1.54, 1.807) is 0 Å². The second-order valence-corrected chi connectivity index (χ2v) is 3.85. The highest BCUT2D eigenvalue weighted by Gasteiger charge is 2.29. The van der Waals surface area contributed by atoms with Gasteiger partial charge in [0.25, 0.3) is 0 Å². The molecule has 1 aromatic carbocycles. The molecule has 0 radical (unpaired) electrons. The summed E-state index contributed by atoms with van der Waals surface area (Å²) in [4.78, 5) is 0. The SMILES string of the molecule is OC(CCS)C(O)c1c(F)c(F)cc(F)c1F. The van der Waals surface area contributed by atoms with Gasteiger partial charge in [0.2, 0.25) is 0 Å². The summed E-state index contributed by atoms with van der Waals surface area (Å²) in [6.07, 6.45) is -3.69. The zero-order chi connectivity index (χ0) is 13.2. The van der Waals surface area contributed by atoms with Gasteiger partial charge in [0, 0.05) is 6.07 Å². The third-order valence-corrected chi connectivity index (χ3v) is 2.49. The summed E-state index contributed by atoms with van der Waals surface area (Å²) in [6.45, 7) is 0. The van der Waals surface area contributed by atoms with Gasteiger partial charge in [0.1, 0.15) is 6.10 Å².